The third-order valence-corrected chi connectivity index (χ3v) is 5.97. The van der Waals surface area contributed by atoms with Crippen LogP contribution in [0.5, 0.6) is 0 Å². The number of allylic oxidation sites excluding steroid dienone is 2. The van der Waals surface area contributed by atoms with Gasteiger partial charge in [0.05, 0.1) is 5.25 Å². The largest absolute Gasteiger partial charge is 0.294 e. The van der Waals surface area contributed by atoms with Crippen LogP contribution >= 0.6 is 21.6 Å². The molecule has 1 unspecified atom stereocenters. The zero-order chi connectivity index (χ0) is 9.97. The Morgan fingerprint density at radius 2 is 2.00 bits per heavy atom. The van der Waals surface area contributed by atoms with Crippen LogP contribution in [0.15, 0.2) is 11.0 Å². The number of rotatable bonds is 1. The molecule has 1 nitrogen and oxygen atoms in total. The van der Waals surface area contributed by atoms with Crippen LogP contribution < -0.4 is 0 Å². The monoisotopic (exact) mass is 228 g/mol. The Kier molecular flexibility index (Phi) is 3.61. The van der Waals surface area contributed by atoms with Crippen LogP contribution in [0.3, 0.4) is 0 Å². The molecule has 1 fully saturated rings. The Morgan fingerprint density at radius 3 is 2.64 bits per heavy atom. The minimum absolute atomic E-state index is 0.160. The Labute approximate surface area is 93.5 Å². The first-order valence-corrected chi connectivity index (χ1v) is 7.57. The summed E-state index contributed by atoms with van der Waals surface area (Å²) < 4.78 is 0. The van der Waals surface area contributed by atoms with E-state index in [0.717, 1.165) is 0 Å². The SMILES string of the molecule is CC1SSC(C2CCCCC2)=CC1=O. The zero-order valence-corrected chi connectivity index (χ0v) is 10.1. The van der Waals surface area contributed by atoms with Crippen LogP contribution in [0.4, 0.5) is 0 Å². The fourth-order valence-corrected chi connectivity index (χ4v) is 4.59. The first-order valence-electron chi connectivity index (χ1n) is 5.36. The third kappa shape index (κ3) is 2.37. The van der Waals surface area contributed by atoms with E-state index in [1.807, 2.05) is 23.8 Å². The van der Waals surface area contributed by atoms with Crippen molar-refractivity contribution in [3.8, 4) is 0 Å². The van der Waals surface area contributed by atoms with E-state index in [1.54, 1.807) is 10.8 Å². The lowest BCUT2D eigenvalue weighted by Crippen LogP contribution is -2.16. The van der Waals surface area contributed by atoms with Gasteiger partial charge < -0.3 is 0 Å². The molecule has 1 heterocycles. The van der Waals surface area contributed by atoms with Gasteiger partial charge in [0.15, 0.2) is 5.78 Å². The summed E-state index contributed by atoms with van der Waals surface area (Å²) >= 11 is 0. The van der Waals surface area contributed by atoms with Crippen LogP contribution in [-0.2, 0) is 4.79 Å². The van der Waals surface area contributed by atoms with E-state index in [1.165, 1.54) is 37.0 Å². The van der Waals surface area contributed by atoms with Gasteiger partial charge in [-0.25, -0.2) is 0 Å². The van der Waals surface area contributed by atoms with Gasteiger partial charge in [0.2, 0.25) is 0 Å². The van der Waals surface area contributed by atoms with Gasteiger partial charge >= 0.3 is 0 Å². The summed E-state index contributed by atoms with van der Waals surface area (Å²) in [6, 6.07) is 0. The van der Waals surface area contributed by atoms with Crippen molar-refractivity contribution in [1.82, 2.24) is 0 Å². The van der Waals surface area contributed by atoms with Crippen LogP contribution in [0, 0.1) is 5.92 Å². The van der Waals surface area contributed by atoms with Crippen molar-refractivity contribution in [3.63, 3.8) is 0 Å². The summed E-state index contributed by atoms with van der Waals surface area (Å²) in [5, 5.41) is 0.160. The summed E-state index contributed by atoms with van der Waals surface area (Å²) in [5.41, 5.74) is 0. The lowest BCUT2D eigenvalue weighted by molar-refractivity contribution is -0.113. The molecule has 0 N–H and O–H groups in total. The first-order chi connectivity index (χ1) is 6.77. The minimum atomic E-state index is 0.160. The Hall–Kier alpha value is 0.110. The molecule has 78 valence electrons. The highest BCUT2D eigenvalue weighted by Gasteiger charge is 2.25. The number of ketones is 1. The molecule has 2 rings (SSSR count). The number of hydrogen-bond donors (Lipinski definition) is 0. The highest BCUT2D eigenvalue weighted by atomic mass is 33.1. The molecule has 0 amide bonds. The standard InChI is InChI=1S/C11H16OS2/c1-8-10(12)7-11(14-13-8)9-5-3-2-4-6-9/h7-9H,2-6H2,1H3. The maximum absolute atomic E-state index is 11.5. The fraction of sp³-hybridized carbons (Fsp3) is 0.727. The van der Waals surface area contributed by atoms with E-state index >= 15 is 0 Å². The van der Waals surface area contributed by atoms with Crippen LogP contribution in [0.2, 0.25) is 0 Å². The number of hydrogen-bond acceptors (Lipinski definition) is 3. The molecule has 1 atom stereocenters. The summed E-state index contributed by atoms with van der Waals surface area (Å²) in [6.07, 6.45) is 8.56. The van der Waals surface area contributed by atoms with Gasteiger partial charge in [-0.2, -0.15) is 0 Å². The second-order valence-corrected chi connectivity index (χ2v) is 6.72. The van der Waals surface area contributed by atoms with E-state index in [9.17, 15) is 4.79 Å². The van der Waals surface area contributed by atoms with Gasteiger partial charge in [-0.3, -0.25) is 4.79 Å². The molecule has 0 aromatic rings. The molecule has 0 spiro atoms. The molecule has 0 saturated heterocycles. The molecule has 2 aliphatic rings. The maximum atomic E-state index is 11.5. The average molecular weight is 228 g/mol. The predicted molar refractivity (Wildman–Crippen MR) is 64.3 cm³/mol. The first kappa shape index (κ1) is 10.6. The normalized spacial score (nSPS) is 30.2. The topological polar surface area (TPSA) is 17.1 Å². The number of carbonyl (C=O) groups is 1. The molecule has 14 heavy (non-hydrogen) atoms. The Balaban J connectivity index is 2.03. The Morgan fingerprint density at radius 1 is 1.29 bits per heavy atom. The second-order valence-electron chi connectivity index (χ2n) is 4.11. The lowest BCUT2D eigenvalue weighted by Gasteiger charge is -2.26. The van der Waals surface area contributed by atoms with Gasteiger partial charge in [0.25, 0.3) is 0 Å². The third-order valence-electron chi connectivity index (χ3n) is 2.98. The highest BCUT2D eigenvalue weighted by Crippen LogP contribution is 2.45. The van der Waals surface area contributed by atoms with Gasteiger partial charge in [-0.1, -0.05) is 40.9 Å². The summed E-state index contributed by atoms with van der Waals surface area (Å²) in [4.78, 5) is 12.9. The van der Waals surface area contributed by atoms with Gasteiger partial charge in [-0.05, 0) is 31.8 Å². The summed E-state index contributed by atoms with van der Waals surface area (Å²) in [6.45, 7) is 1.99. The molecule has 0 aromatic heterocycles. The maximum Gasteiger partial charge on any atom is 0.170 e. The lowest BCUT2D eigenvalue weighted by atomic mass is 9.88. The van der Waals surface area contributed by atoms with Gasteiger partial charge in [0, 0.05) is 4.91 Å². The van der Waals surface area contributed by atoms with Crippen molar-refractivity contribution in [2.45, 2.75) is 44.3 Å². The van der Waals surface area contributed by atoms with Crippen molar-refractivity contribution in [2.75, 3.05) is 0 Å². The van der Waals surface area contributed by atoms with Gasteiger partial charge in [0.1, 0.15) is 0 Å². The van der Waals surface area contributed by atoms with Crippen LogP contribution in [0.1, 0.15) is 39.0 Å². The van der Waals surface area contributed by atoms with Crippen molar-refractivity contribution in [1.29, 1.82) is 0 Å². The van der Waals surface area contributed by atoms with E-state index in [4.69, 9.17) is 0 Å². The summed E-state index contributed by atoms with van der Waals surface area (Å²) in [5.74, 6) is 1.01. The molecule has 1 aliphatic heterocycles. The molecule has 0 radical (unpaired) electrons. The number of carbonyl (C=O) groups excluding carboxylic acids is 1. The van der Waals surface area contributed by atoms with Crippen molar-refractivity contribution in [3.05, 3.63) is 11.0 Å². The van der Waals surface area contributed by atoms with Crippen molar-refractivity contribution < 1.29 is 4.79 Å². The molecular weight excluding hydrogens is 212 g/mol. The molecule has 1 aliphatic carbocycles. The van der Waals surface area contributed by atoms with Crippen LogP contribution in [-0.4, -0.2) is 11.0 Å². The molecule has 0 aromatic carbocycles. The van der Waals surface area contributed by atoms with E-state index in [2.05, 4.69) is 0 Å². The van der Waals surface area contributed by atoms with Crippen molar-refractivity contribution >= 4 is 27.4 Å². The molecular formula is C11H16OS2. The van der Waals surface area contributed by atoms with Gasteiger partial charge in [-0.15, -0.1) is 0 Å². The van der Waals surface area contributed by atoms with E-state index < -0.39 is 0 Å². The molecule has 1 saturated carbocycles. The summed E-state index contributed by atoms with van der Waals surface area (Å²) in [7, 11) is 3.57. The fourth-order valence-electron chi connectivity index (χ4n) is 2.03. The van der Waals surface area contributed by atoms with Crippen LogP contribution in [0.25, 0.3) is 0 Å². The molecule has 3 heteroatoms. The highest BCUT2D eigenvalue weighted by molar-refractivity contribution is 8.78. The Bertz CT molecular complexity index is 254. The quantitative estimate of drug-likeness (QED) is 0.635. The average Bonchev–Trinajstić information content (AvgIpc) is 2.23. The molecule has 0 bridgehead atoms. The van der Waals surface area contributed by atoms with Crippen molar-refractivity contribution in [2.24, 2.45) is 5.92 Å². The van der Waals surface area contributed by atoms with E-state index in [-0.39, 0.29) is 5.25 Å². The smallest absolute Gasteiger partial charge is 0.170 e. The van der Waals surface area contributed by atoms with E-state index in [0.29, 0.717) is 11.7 Å². The minimum Gasteiger partial charge on any atom is -0.294 e. The second kappa shape index (κ2) is 4.75. The predicted octanol–water partition coefficient (Wildman–Crippen LogP) is 3.80. The zero-order valence-electron chi connectivity index (χ0n) is 8.49.